The predicted molar refractivity (Wildman–Crippen MR) is 115 cm³/mol. The first kappa shape index (κ1) is 19.8. The molecule has 0 aliphatic carbocycles. The third kappa shape index (κ3) is 4.74. The summed E-state index contributed by atoms with van der Waals surface area (Å²) in [4.78, 5) is 18.9. The molecule has 1 aliphatic heterocycles. The summed E-state index contributed by atoms with van der Waals surface area (Å²) in [5, 5.41) is 11.8. The highest BCUT2D eigenvalue weighted by Crippen LogP contribution is 2.23. The van der Waals surface area contributed by atoms with Crippen molar-refractivity contribution in [2.45, 2.75) is 19.4 Å². The van der Waals surface area contributed by atoms with E-state index in [0.29, 0.717) is 13.1 Å². The molecule has 1 N–H and O–H groups in total. The molecule has 3 heterocycles. The molecule has 1 saturated heterocycles. The number of carbonyl (C=O) groups is 1. The first-order valence-electron chi connectivity index (χ1n) is 10.1. The highest BCUT2D eigenvalue weighted by molar-refractivity contribution is 5.79. The Balaban J connectivity index is 1.36. The minimum atomic E-state index is -0.0639. The van der Waals surface area contributed by atoms with E-state index in [1.54, 1.807) is 19.5 Å². The Bertz CT molecular complexity index is 978. The van der Waals surface area contributed by atoms with E-state index in [1.165, 1.54) is 0 Å². The highest BCUT2D eigenvalue weighted by Gasteiger charge is 2.26. The Hall–Kier alpha value is -3.48. The number of anilines is 1. The summed E-state index contributed by atoms with van der Waals surface area (Å²) >= 11 is 0. The quantitative estimate of drug-likeness (QED) is 0.681. The molecular weight excluding hydrogens is 378 g/mol. The van der Waals surface area contributed by atoms with E-state index in [0.717, 1.165) is 47.8 Å². The Morgan fingerprint density at radius 3 is 2.80 bits per heavy atom. The van der Waals surface area contributed by atoms with Gasteiger partial charge in [0.25, 0.3) is 0 Å². The van der Waals surface area contributed by atoms with Crippen LogP contribution in [0.5, 0.6) is 5.75 Å². The fourth-order valence-corrected chi connectivity index (χ4v) is 3.69. The highest BCUT2D eigenvalue weighted by atomic mass is 16.5. The first-order valence-corrected chi connectivity index (χ1v) is 10.1. The molecule has 7 nitrogen and oxygen atoms in total. The summed E-state index contributed by atoms with van der Waals surface area (Å²) in [6.45, 7) is 2.02. The van der Waals surface area contributed by atoms with Crippen LogP contribution < -0.4 is 15.0 Å². The Kier molecular flexibility index (Phi) is 6.17. The van der Waals surface area contributed by atoms with Gasteiger partial charge >= 0.3 is 0 Å². The molecule has 1 amide bonds. The van der Waals surface area contributed by atoms with E-state index in [-0.39, 0.29) is 11.8 Å². The molecule has 0 spiro atoms. The van der Waals surface area contributed by atoms with E-state index in [2.05, 4.69) is 25.4 Å². The van der Waals surface area contributed by atoms with Crippen molar-refractivity contribution in [3.8, 4) is 17.0 Å². The number of aromatic nitrogens is 3. The topological polar surface area (TPSA) is 80.2 Å². The SMILES string of the molecule is COc1cccc(CNC(=O)C2CCCN(c3ccc(-c4ccncc4)nn3)C2)c1. The van der Waals surface area contributed by atoms with E-state index >= 15 is 0 Å². The van der Waals surface area contributed by atoms with Gasteiger partial charge in [-0.05, 0) is 54.8 Å². The summed E-state index contributed by atoms with van der Waals surface area (Å²) in [5.41, 5.74) is 2.82. The molecule has 4 rings (SSSR count). The van der Waals surface area contributed by atoms with Crippen LogP contribution in [-0.4, -0.2) is 41.3 Å². The Morgan fingerprint density at radius 2 is 2.03 bits per heavy atom. The third-order valence-electron chi connectivity index (χ3n) is 5.34. The van der Waals surface area contributed by atoms with Gasteiger partial charge in [-0.15, -0.1) is 10.2 Å². The van der Waals surface area contributed by atoms with Crippen LogP contribution in [-0.2, 0) is 11.3 Å². The third-order valence-corrected chi connectivity index (χ3v) is 5.34. The van der Waals surface area contributed by atoms with E-state index in [4.69, 9.17) is 4.74 Å². The van der Waals surface area contributed by atoms with Gasteiger partial charge in [0.05, 0.1) is 18.7 Å². The van der Waals surface area contributed by atoms with Gasteiger partial charge in [-0.25, -0.2) is 0 Å². The van der Waals surface area contributed by atoms with Gasteiger partial charge < -0.3 is 15.0 Å². The van der Waals surface area contributed by atoms with Gasteiger partial charge in [-0.3, -0.25) is 9.78 Å². The average Bonchev–Trinajstić information content (AvgIpc) is 2.83. The van der Waals surface area contributed by atoms with Gasteiger partial charge in [0.15, 0.2) is 5.82 Å². The van der Waals surface area contributed by atoms with Crippen LogP contribution in [0.15, 0.2) is 60.9 Å². The van der Waals surface area contributed by atoms with Crippen molar-refractivity contribution in [1.82, 2.24) is 20.5 Å². The number of methoxy groups -OCH3 is 1. The molecule has 30 heavy (non-hydrogen) atoms. The summed E-state index contributed by atoms with van der Waals surface area (Å²) in [6.07, 6.45) is 5.31. The van der Waals surface area contributed by atoms with Crippen LogP contribution in [0.25, 0.3) is 11.3 Å². The number of ether oxygens (including phenoxy) is 1. The van der Waals surface area contributed by atoms with Gasteiger partial charge in [-0.1, -0.05) is 12.1 Å². The standard InChI is InChI=1S/C23H25N5O2/c1-30-20-6-2-4-17(14-20)15-25-23(29)19-5-3-13-28(16-19)22-8-7-21(26-27-22)18-9-11-24-12-10-18/h2,4,6-12,14,19H,3,5,13,15-16H2,1H3,(H,25,29). The number of amides is 1. The Morgan fingerprint density at radius 1 is 1.17 bits per heavy atom. The van der Waals surface area contributed by atoms with Crippen molar-refractivity contribution in [2.24, 2.45) is 5.92 Å². The average molecular weight is 403 g/mol. The van der Waals surface area contributed by atoms with Crippen molar-refractivity contribution in [2.75, 3.05) is 25.1 Å². The second kappa shape index (κ2) is 9.35. The van der Waals surface area contributed by atoms with Crippen LogP contribution in [0.2, 0.25) is 0 Å². The summed E-state index contributed by atoms with van der Waals surface area (Å²) in [7, 11) is 1.64. The molecule has 1 aliphatic rings. The van der Waals surface area contributed by atoms with E-state index in [1.807, 2.05) is 48.5 Å². The fraction of sp³-hybridized carbons (Fsp3) is 0.304. The van der Waals surface area contributed by atoms with Crippen LogP contribution in [0.1, 0.15) is 18.4 Å². The lowest BCUT2D eigenvalue weighted by atomic mass is 9.97. The molecular formula is C23H25N5O2. The zero-order valence-corrected chi connectivity index (χ0v) is 17.0. The number of hydrogen-bond donors (Lipinski definition) is 1. The van der Waals surface area contributed by atoms with Crippen molar-refractivity contribution in [3.63, 3.8) is 0 Å². The first-order chi connectivity index (χ1) is 14.7. The molecule has 0 radical (unpaired) electrons. The zero-order valence-electron chi connectivity index (χ0n) is 17.0. The smallest absolute Gasteiger partial charge is 0.225 e. The van der Waals surface area contributed by atoms with Gasteiger partial charge in [0.2, 0.25) is 5.91 Å². The van der Waals surface area contributed by atoms with Crippen LogP contribution in [0.3, 0.4) is 0 Å². The second-order valence-corrected chi connectivity index (χ2v) is 7.37. The number of nitrogens with one attached hydrogen (secondary N) is 1. The van der Waals surface area contributed by atoms with Gasteiger partial charge in [0, 0.05) is 37.6 Å². The lowest BCUT2D eigenvalue weighted by molar-refractivity contribution is -0.125. The Labute approximate surface area is 176 Å². The number of rotatable bonds is 6. The summed E-state index contributed by atoms with van der Waals surface area (Å²) < 4.78 is 5.24. The maximum atomic E-state index is 12.7. The number of carbonyl (C=O) groups excluding carboxylic acids is 1. The summed E-state index contributed by atoms with van der Waals surface area (Å²) in [6, 6.07) is 15.5. The van der Waals surface area contributed by atoms with E-state index in [9.17, 15) is 4.79 Å². The number of pyridine rings is 1. The number of benzene rings is 1. The number of hydrogen-bond acceptors (Lipinski definition) is 6. The molecule has 1 atom stereocenters. The van der Waals surface area contributed by atoms with E-state index < -0.39 is 0 Å². The van der Waals surface area contributed by atoms with Crippen molar-refractivity contribution >= 4 is 11.7 Å². The van der Waals surface area contributed by atoms with Gasteiger partial charge in [0.1, 0.15) is 5.75 Å². The van der Waals surface area contributed by atoms with Crippen LogP contribution in [0.4, 0.5) is 5.82 Å². The van der Waals surface area contributed by atoms with Crippen molar-refractivity contribution < 1.29 is 9.53 Å². The van der Waals surface area contributed by atoms with Crippen molar-refractivity contribution in [1.29, 1.82) is 0 Å². The molecule has 1 fully saturated rings. The van der Waals surface area contributed by atoms with Crippen LogP contribution in [0, 0.1) is 5.92 Å². The lowest BCUT2D eigenvalue weighted by Gasteiger charge is -2.32. The normalized spacial score (nSPS) is 16.2. The largest absolute Gasteiger partial charge is 0.497 e. The van der Waals surface area contributed by atoms with Crippen LogP contribution >= 0.6 is 0 Å². The lowest BCUT2D eigenvalue weighted by Crippen LogP contribution is -2.43. The minimum absolute atomic E-state index is 0.0639. The molecule has 1 aromatic carbocycles. The fourth-order valence-electron chi connectivity index (χ4n) is 3.69. The minimum Gasteiger partial charge on any atom is -0.497 e. The maximum absolute atomic E-state index is 12.7. The number of nitrogens with zero attached hydrogens (tertiary/aromatic N) is 4. The molecule has 0 saturated carbocycles. The molecule has 154 valence electrons. The predicted octanol–water partition coefficient (Wildman–Crippen LogP) is 3.08. The monoisotopic (exact) mass is 403 g/mol. The maximum Gasteiger partial charge on any atom is 0.225 e. The number of piperidine rings is 1. The summed E-state index contributed by atoms with van der Waals surface area (Å²) in [5.74, 6) is 1.60. The molecule has 1 unspecified atom stereocenters. The zero-order chi connectivity index (χ0) is 20.8. The molecule has 3 aromatic rings. The van der Waals surface area contributed by atoms with Crippen molar-refractivity contribution in [3.05, 3.63) is 66.5 Å². The molecule has 2 aromatic heterocycles. The molecule has 0 bridgehead atoms. The molecule has 7 heteroatoms. The van der Waals surface area contributed by atoms with Gasteiger partial charge in [-0.2, -0.15) is 0 Å². The second-order valence-electron chi connectivity index (χ2n) is 7.37.